The van der Waals surface area contributed by atoms with Gasteiger partial charge in [-0.15, -0.1) is 0 Å². The average Bonchev–Trinajstić information content (AvgIpc) is 3.34. The molecule has 0 amide bonds. The number of alkyl halides is 3. The minimum Gasteiger partial charge on any atom is -0.457 e. The molecule has 2 aromatic carbocycles. The first kappa shape index (κ1) is 19.1. The highest BCUT2D eigenvalue weighted by atomic mass is 35.5. The van der Waals surface area contributed by atoms with Crippen molar-refractivity contribution in [1.29, 1.82) is 0 Å². The smallest absolute Gasteiger partial charge is 0.416 e. The molecular formula is C21H12ClF3O4. The maximum Gasteiger partial charge on any atom is 0.416 e. The Labute approximate surface area is 168 Å². The molecule has 0 unspecified atom stereocenters. The first-order valence-corrected chi connectivity index (χ1v) is 8.78. The Bertz CT molecular complexity index is 1120. The van der Waals surface area contributed by atoms with Gasteiger partial charge in [0.2, 0.25) is 6.79 Å². The van der Waals surface area contributed by atoms with E-state index in [4.69, 9.17) is 25.5 Å². The molecular weight excluding hydrogens is 409 g/mol. The molecule has 3 aromatic rings. The lowest BCUT2D eigenvalue weighted by Gasteiger charge is -2.09. The molecule has 0 N–H and O–H groups in total. The number of ether oxygens (including phenoxy) is 2. The zero-order valence-electron chi connectivity index (χ0n) is 14.6. The summed E-state index contributed by atoms with van der Waals surface area (Å²) in [6, 6.07) is 10.8. The van der Waals surface area contributed by atoms with Crippen molar-refractivity contribution >= 4 is 23.5 Å². The number of rotatable bonds is 4. The van der Waals surface area contributed by atoms with Crippen LogP contribution in [0, 0.1) is 0 Å². The second-order valence-electron chi connectivity index (χ2n) is 6.16. The van der Waals surface area contributed by atoms with E-state index in [2.05, 4.69) is 0 Å². The summed E-state index contributed by atoms with van der Waals surface area (Å²) in [5.74, 6) is 1.22. The summed E-state index contributed by atoms with van der Waals surface area (Å²) in [4.78, 5) is 12.3. The predicted molar refractivity (Wildman–Crippen MR) is 100 cm³/mol. The molecule has 0 radical (unpaired) electrons. The minimum atomic E-state index is -4.49. The van der Waals surface area contributed by atoms with Crippen molar-refractivity contribution in [2.75, 3.05) is 6.79 Å². The summed E-state index contributed by atoms with van der Waals surface area (Å²) in [7, 11) is 0. The Kier molecular flexibility index (Phi) is 4.84. The van der Waals surface area contributed by atoms with E-state index in [0.717, 1.165) is 12.1 Å². The van der Waals surface area contributed by atoms with Crippen molar-refractivity contribution in [3.05, 3.63) is 76.5 Å². The van der Waals surface area contributed by atoms with Crippen molar-refractivity contribution in [3.8, 4) is 22.8 Å². The highest BCUT2D eigenvalue weighted by Crippen LogP contribution is 2.37. The van der Waals surface area contributed by atoms with Crippen LogP contribution in [0.2, 0.25) is 5.02 Å². The van der Waals surface area contributed by atoms with Gasteiger partial charge in [0.05, 0.1) is 10.6 Å². The van der Waals surface area contributed by atoms with Crippen LogP contribution in [-0.2, 0) is 6.18 Å². The molecule has 8 heteroatoms. The van der Waals surface area contributed by atoms with Gasteiger partial charge >= 0.3 is 6.18 Å². The van der Waals surface area contributed by atoms with Crippen LogP contribution >= 0.6 is 11.6 Å². The maximum atomic E-state index is 12.9. The summed E-state index contributed by atoms with van der Waals surface area (Å²) in [5, 5.41) is 0.124. The topological polar surface area (TPSA) is 48.7 Å². The molecule has 0 saturated carbocycles. The standard InChI is InChI=1S/C21H12ClF3O4/c22-16-5-2-13(21(23,24)25)10-15(16)18-8-4-14(29-18)3-6-17(26)12-1-7-19-20(9-12)28-11-27-19/h1-10H,11H2/b6-3+. The van der Waals surface area contributed by atoms with Crippen LogP contribution in [0.25, 0.3) is 17.4 Å². The summed E-state index contributed by atoms with van der Waals surface area (Å²) in [6.07, 6.45) is -1.77. The predicted octanol–water partition coefficient (Wildman–Crippen LogP) is 6.24. The second-order valence-corrected chi connectivity index (χ2v) is 6.57. The number of furan rings is 1. The monoisotopic (exact) mass is 420 g/mol. The van der Waals surface area contributed by atoms with E-state index < -0.39 is 11.7 Å². The quantitative estimate of drug-likeness (QED) is 0.370. The van der Waals surface area contributed by atoms with Gasteiger partial charge in [-0.25, -0.2) is 0 Å². The van der Waals surface area contributed by atoms with E-state index in [9.17, 15) is 18.0 Å². The van der Waals surface area contributed by atoms with Crippen molar-refractivity contribution < 1.29 is 31.9 Å². The van der Waals surface area contributed by atoms with Gasteiger partial charge in [-0.1, -0.05) is 11.6 Å². The third kappa shape index (κ3) is 4.00. The first-order valence-electron chi connectivity index (χ1n) is 8.40. The van der Waals surface area contributed by atoms with E-state index in [1.54, 1.807) is 18.2 Å². The van der Waals surface area contributed by atoms with E-state index in [1.165, 1.54) is 30.4 Å². The van der Waals surface area contributed by atoms with E-state index in [0.29, 0.717) is 22.8 Å². The third-order valence-electron chi connectivity index (χ3n) is 4.24. The number of ketones is 1. The maximum absolute atomic E-state index is 12.9. The van der Waals surface area contributed by atoms with Gasteiger partial charge in [0.1, 0.15) is 11.5 Å². The molecule has 0 bridgehead atoms. The number of allylic oxidation sites excluding steroid dienone is 1. The highest BCUT2D eigenvalue weighted by molar-refractivity contribution is 6.33. The van der Waals surface area contributed by atoms with Crippen molar-refractivity contribution in [2.24, 2.45) is 0 Å². The lowest BCUT2D eigenvalue weighted by Crippen LogP contribution is -2.04. The number of carbonyl (C=O) groups excluding carboxylic acids is 1. The fraction of sp³-hybridized carbons (Fsp3) is 0.0952. The number of benzene rings is 2. The summed E-state index contributed by atoms with van der Waals surface area (Å²) < 4.78 is 54.8. The van der Waals surface area contributed by atoms with Crippen LogP contribution in [0.15, 0.2) is 59.0 Å². The second kappa shape index (κ2) is 7.33. The SMILES string of the molecule is O=C(/C=C/c1ccc(-c2cc(C(F)(F)F)ccc2Cl)o1)c1ccc2c(c1)OCO2. The molecule has 148 valence electrons. The van der Waals surface area contributed by atoms with Crippen LogP contribution in [-0.4, -0.2) is 12.6 Å². The molecule has 1 aliphatic heterocycles. The van der Waals surface area contributed by atoms with Gasteiger partial charge in [0.15, 0.2) is 17.3 Å². The lowest BCUT2D eigenvalue weighted by atomic mass is 10.1. The zero-order chi connectivity index (χ0) is 20.6. The Morgan fingerprint density at radius 3 is 2.59 bits per heavy atom. The summed E-state index contributed by atoms with van der Waals surface area (Å²) in [5.41, 5.74) is -0.315. The van der Waals surface area contributed by atoms with Crippen molar-refractivity contribution in [1.82, 2.24) is 0 Å². The van der Waals surface area contributed by atoms with Crippen LogP contribution in [0.5, 0.6) is 11.5 Å². The lowest BCUT2D eigenvalue weighted by molar-refractivity contribution is -0.137. The summed E-state index contributed by atoms with van der Waals surface area (Å²) >= 11 is 6.02. The van der Waals surface area contributed by atoms with Gasteiger partial charge in [0.25, 0.3) is 0 Å². The molecule has 0 spiro atoms. The molecule has 29 heavy (non-hydrogen) atoms. The minimum absolute atomic E-state index is 0.107. The fourth-order valence-corrected chi connectivity index (χ4v) is 2.99. The highest BCUT2D eigenvalue weighted by Gasteiger charge is 2.31. The molecule has 0 aliphatic carbocycles. The largest absolute Gasteiger partial charge is 0.457 e. The molecule has 0 saturated heterocycles. The van der Waals surface area contributed by atoms with Gasteiger partial charge in [0, 0.05) is 11.1 Å². The molecule has 1 aliphatic rings. The molecule has 4 nitrogen and oxygen atoms in total. The van der Waals surface area contributed by atoms with Crippen LogP contribution in [0.1, 0.15) is 21.7 Å². The molecule has 0 atom stereocenters. The van der Waals surface area contributed by atoms with E-state index >= 15 is 0 Å². The molecule has 4 rings (SSSR count). The molecule has 0 fully saturated rings. The van der Waals surface area contributed by atoms with Gasteiger partial charge in [-0.2, -0.15) is 13.2 Å². The summed E-state index contributed by atoms with van der Waals surface area (Å²) in [6.45, 7) is 0.107. The van der Waals surface area contributed by atoms with Crippen molar-refractivity contribution in [2.45, 2.75) is 6.18 Å². The van der Waals surface area contributed by atoms with Gasteiger partial charge in [-0.3, -0.25) is 4.79 Å². The van der Waals surface area contributed by atoms with Gasteiger partial charge < -0.3 is 13.9 Å². The Morgan fingerprint density at radius 2 is 1.79 bits per heavy atom. The Balaban J connectivity index is 1.55. The first-order chi connectivity index (χ1) is 13.8. The van der Waals surface area contributed by atoms with E-state index in [-0.39, 0.29) is 28.9 Å². The number of fused-ring (bicyclic) bond motifs is 1. The van der Waals surface area contributed by atoms with Crippen LogP contribution in [0.3, 0.4) is 0 Å². The van der Waals surface area contributed by atoms with Crippen molar-refractivity contribution in [3.63, 3.8) is 0 Å². The number of halogens is 4. The number of hydrogen-bond donors (Lipinski definition) is 0. The Morgan fingerprint density at radius 1 is 1.00 bits per heavy atom. The Hall–Kier alpha value is -3.19. The van der Waals surface area contributed by atoms with E-state index in [1.807, 2.05) is 0 Å². The van der Waals surface area contributed by atoms with Gasteiger partial charge in [-0.05, 0) is 60.7 Å². The average molecular weight is 421 g/mol. The fourth-order valence-electron chi connectivity index (χ4n) is 2.78. The number of hydrogen-bond acceptors (Lipinski definition) is 4. The zero-order valence-corrected chi connectivity index (χ0v) is 15.4. The molecule has 1 aromatic heterocycles. The normalized spacial score (nSPS) is 13.2. The molecule has 2 heterocycles. The van der Waals surface area contributed by atoms with Crippen LogP contribution < -0.4 is 9.47 Å². The number of carbonyl (C=O) groups is 1. The van der Waals surface area contributed by atoms with Crippen LogP contribution in [0.4, 0.5) is 13.2 Å². The third-order valence-corrected chi connectivity index (χ3v) is 4.57.